The number of hydrogen-bond acceptors (Lipinski definition) is 5. The Morgan fingerprint density at radius 3 is 2.06 bits per heavy atom. The van der Waals surface area contributed by atoms with Crippen LogP contribution in [-0.4, -0.2) is 33.4 Å². The van der Waals surface area contributed by atoms with Crippen molar-refractivity contribution in [3.63, 3.8) is 0 Å². The van der Waals surface area contributed by atoms with Crippen molar-refractivity contribution in [1.29, 1.82) is 0 Å². The van der Waals surface area contributed by atoms with Crippen molar-refractivity contribution in [2.75, 3.05) is 5.75 Å². The van der Waals surface area contributed by atoms with E-state index in [0.717, 1.165) is 0 Å². The molecule has 1 aliphatic heterocycles. The maximum Gasteiger partial charge on any atom is 0.0935 e. The second-order valence-electron chi connectivity index (χ2n) is 4.36. The number of thiophene rings is 2. The average Bonchev–Trinajstić information content (AvgIpc) is 3.08. The Hall–Kier alpha value is -0.330. The molecule has 0 saturated carbocycles. The quantitative estimate of drug-likeness (QED) is 0.915. The zero-order valence-corrected chi connectivity index (χ0v) is 12.0. The predicted molar refractivity (Wildman–Crippen MR) is 78.7 cm³/mol. The normalized spacial score (nSPS) is 28.1. The highest BCUT2D eigenvalue weighted by atomic mass is 32.2. The fourth-order valence-corrected chi connectivity index (χ4v) is 5.83. The Morgan fingerprint density at radius 1 is 1.06 bits per heavy atom. The van der Waals surface area contributed by atoms with Crippen molar-refractivity contribution in [2.45, 2.75) is 23.4 Å². The summed E-state index contributed by atoms with van der Waals surface area (Å²) in [7, 11) is 0. The van der Waals surface area contributed by atoms with Gasteiger partial charge in [0.15, 0.2) is 0 Å². The van der Waals surface area contributed by atoms with Gasteiger partial charge in [-0.1, -0.05) is 12.1 Å². The molecule has 0 unspecified atom stereocenters. The van der Waals surface area contributed by atoms with Crippen LogP contribution >= 0.6 is 34.4 Å². The van der Waals surface area contributed by atoms with Gasteiger partial charge >= 0.3 is 0 Å². The minimum Gasteiger partial charge on any atom is -0.390 e. The third kappa shape index (κ3) is 2.26. The zero-order valence-electron chi connectivity index (χ0n) is 9.60. The van der Waals surface area contributed by atoms with Gasteiger partial charge in [0.25, 0.3) is 0 Å². The van der Waals surface area contributed by atoms with Gasteiger partial charge in [0.1, 0.15) is 0 Å². The highest BCUT2D eigenvalue weighted by Gasteiger charge is 2.41. The van der Waals surface area contributed by atoms with E-state index in [4.69, 9.17) is 0 Å². The third-order valence-electron chi connectivity index (χ3n) is 3.22. The largest absolute Gasteiger partial charge is 0.390 e. The van der Waals surface area contributed by atoms with E-state index in [0.29, 0.717) is 5.75 Å². The van der Waals surface area contributed by atoms with Gasteiger partial charge in [-0.2, -0.15) is 11.8 Å². The van der Waals surface area contributed by atoms with E-state index in [9.17, 15) is 10.2 Å². The number of thioether (sulfide) groups is 1. The SMILES string of the molecule is O[C@H]1[C@H](O)CS[C@@H]1C(c1cccs1)c1cccs1. The molecule has 18 heavy (non-hydrogen) atoms. The Labute approximate surface area is 118 Å². The lowest BCUT2D eigenvalue weighted by molar-refractivity contribution is 0.0399. The molecule has 2 aromatic heterocycles. The molecule has 1 saturated heterocycles. The molecule has 0 aromatic carbocycles. The van der Waals surface area contributed by atoms with Gasteiger partial charge in [-0.05, 0) is 22.9 Å². The number of hydrogen-bond donors (Lipinski definition) is 2. The van der Waals surface area contributed by atoms with E-state index >= 15 is 0 Å². The minimum absolute atomic E-state index is 0.0531. The van der Waals surface area contributed by atoms with Crippen LogP contribution in [0.1, 0.15) is 15.7 Å². The second kappa shape index (κ2) is 5.35. The third-order valence-corrected chi connectivity index (χ3v) is 6.60. The first-order chi connectivity index (χ1) is 8.77. The van der Waals surface area contributed by atoms with Crippen LogP contribution in [0.5, 0.6) is 0 Å². The van der Waals surface area contributed by atoms with Crippen molar-refractivity contribution in [2.24, 2.45) is 0 Å². The molecule has 3 atom stereocenters. The van der Waals surface area contributed by atoms with Crippen LogP contribution in [0, 0.1) is 0 Å². The Morgan fingerprint density at radius 2 is 1.67 bits per heavy atom. The lowest BCUT2D eigenvalue weighted by Crippen LogP contribution is -2.32. The molecule has 0 amide bonds. The molecule has 0 spiro atoms. The van der Waals surface area contributed by atoms with Crippen molar-refractivity contribution in [3.05, 3.63) is 44.8 Å². The van der Waals surface area contributed by atoms with Crippen LogP contribution in [0.25, 0.3) is 0 Å². The smallest absolute Gasteiger partial charge is 0.0935 e. The number of rotatable bonds is 3. The van der Waals surface area contributed by atoms with E-state index in [-0.39, 0.29) is 11.2 Å². The molecule has 1 fully saturated rings. The molecule has 2 nitrogen and oxygen atoms in total. The van der Waals surface area contributed by atoms with Crippen LogP contribution in [-0.2, 0) is 0 Å². The lowest BCUT2D eigenvalue weighted by atomic mass is 9.95. The summed E-state index contributed by atoms with van der Waals surface area (Å²) < 4.78 is 0. The molecule has 2 N–H and O–H groups in total. The van der Waals surface area contributed by atoms with Crippen LogP contribution in [0.4, 0.5) is 0 Å². The summed E-state index contributed by atoms with van der Waals surface area (Å²) >= 11 is 5.12. The highest BCUT2D eigenvalue weighted by molar-refractivity contribution is 8.00. The summed E-state index contributed by atoms with van der Waals surface area (Å²) in [5, 5.41) is 24.1. The van der Waals surface area contributed by atoms with Crippen LogP contribution in [0.2, 0.25) is 0 Å². The summed E-state index contributed by atoms with van der Waals surface area (Å²) in [5.41, 5.74) is 0. The van der Waals surface area contributed by atoms with Gasteiger partial charge in [0.2, 0.25) is 0 Å². The maximum atomic E-state index is 10.2. The maximum absolute atomic E-state index is 10.2. The van der Waals surface area contributed by atoms with Crippen molar-refractivity contribution in [1.82, 2.24) is 0 Å². The van der Waals surface area contributed by atoms with Crippen molar-refractivity contribution >= 4 is 34.4 Å². The Balaban J connectivity index is 1.96. The van der Waals surface area contributed by atoms with E-state index in [1.54, 1.807) is 34.4 Å². The standard InChI is InChI=1S/C13H14O2S3/c14-8-7-18-13(12(8)15)11(9-3-1-5-16-9)10-4-2-6-17-10/h1-6,8,11-15H,7H2/t8-,12+,13-/m1/s1. The molecule has 5 heteroatoms. The van der Waals surface area contributed by atoms with Crippen molar-refractivity contribution < 1.29 is 10.2 Å². The second-order valence-corrected chi connectivity index (χ2v) is 7.53. The van der Waals surface area contributed by atoms with Gasteiger partial charge in [-0.25, -0.2) is 0 Å². The summed E-state index contributed by atoms with van der Waals surface area (Å²) in [4.78, 5) is 2.53. The van der Waals surface area contributed by atoms with Gasteiger partial charge in [-0.15, -0.1) is 22.7 Å². The van der Waals surface area contributed by atoms with Gasteiger partial charge in [0, 0.05) is 26.7 Å². The van der Waals surface area contributed by atoms with E-state index in [1.165, 1.54) is 9.75 Å². The summed E-state index contributed by atoms with van der Waals surface area (Å²) in [6, 6.07) is 8.33. The highest BCUT2D eigenvalue weighted by Crippen LogP contribution is 2.44. The topological polar surface area (TPSA) is 40.5 Å². The van der Waals surface area contributed by atoms with E-state index < -0.39 is 12.2 Å². The first kappa shape index (κ1) is 12.7. The van der Waals surface area contributed by atoms with Gasteiger partial charge in [-0.3, -0.25) is 0 Å². The van der Waals surface area contributed by atoms with Gasteiger partial charge in [0.05, 0.1) is 12.2 Å². The fraction of sp³-hybridized carbons (Fsp3) is 0.385. The summed E-state index contributed by atoms with van der Waals surface area (Å²) in [6.07, 6.45) is -1.23. The van der Waals surface area contributed by atoms with Crippen molar-refractivity contribution in [3.8, 4) is 0 Å². The monoisotopic (exact) mass is 298 g/mol. The van der Waals surface area contributed by atoms with Crippen LogP contribution in [0.3, 0.4) is 0 Å². The zero-order chi connectivity index (χ0) is 12.5. The average molecular weight is 298 g/mol. The van der Waals surface area contributed by atoms with Crippen LogP contribution < -0.4 is 0 Å². The molecule has 1 aliphatic rings. The molecule has 0 radical (unpaired) electrons. The minimum atomic E-state index is -0.635. The van der Waals surface area contributed by atoms with Gasteiger partial charge < -0.3 is 10.2 Å². The number of aliphatic hydroxyl groups is 2. The molecule has 2 aromatic rings. The van der Waals surface area contributed by atoms with E-state index in [1.807, 2.05) is 12.1 Å². The predicted octanol–water partition coefficient (Wildman–Crippen LogP) is 2.78. The number of aliphatic hydroxyl groups excluding tert-OH is 2. The molecule has 0 bridgehead atoms. The molecular weight excluding hydrogens is 284 g/mol. The molecule has 3 rings (SSSR count). The lowest BCUT2D eigenvalue weighted by Gasteiger charge is -2.24. The Bertz CT molecular complexity index is 446. The molecule has 3 heterocycles. The summed E-state index contributed by atoms with van der Waals surface area (Å²) in [6.45, 7) is 0. The first-order valence-corrected chi connectivity index (χ1v) is 8.62. The molecular formula is C13H14O2S3. The Kier molecular flexibility index (Phi) is 3.77. The summed E-state index contributed by atoms with van der Waals surface area (Å²) in [5.74, 6) is 0.821. The van der Waals surface area contributed by atoms with E-state index in [2.05, 4.69) is 22.9 Å². The van der Waals surface area contributed by atoms with Crippen LogP contribution in [0.15, 0.2) is 35.0 Å². The first-order valence-electron chi connectivity index (χ1n) is 5.82. The molecule has 96 valence electrons. The molecule has 0 aliphatic carbocycles. The fourth-order valence-electron chi connectivity index (χ4n) is 2.32.